The molecule has 1 N–H and O–H groups in total. The molecule has 1 fully saturated rings. The molecule has 0 aliphatic carbocycles. The van der Waals surface area contributed by atoms with Crippen LogP contribution in [0.3, 0.4) is 0 Å². The van der Waals surface area contributed by atoms with Crippen molar-refractivity contribution in [3.63, 3.8) is 0 Å². The fourth-order valence-corrected chi connectivity index (χ4v) is 3.91. The Hall–Kier alpha value is -2.84. The van der Waals surface area contributed by atoms with Gasteiger partial charge in [0.2, 0.25) is 17.7 Å². The molecule has 1 aliphatic rings. The molecule has 1 aromatic heterocycles. The minimum Gasteiger partial charge on any atom is -0.416 e. The average molecular weight is 443 g/mol. The summed E-state index contributed by atoms with van der Waals surface area (Å²) in [5.74, 6) is 0.208. The van der Waals surface area contributed by atoms with Crippen LogP contribution in [0.2, 0.25) is 5.02 Å². The quantitative estimate of drug-likeness (QED) is 0.573. The molecule has 7 nitrogen and oxygen atoms in total. The number of para-hydroxylation sites is 1. The zero-order chi connectivity index (χ0) is 21.1. The van der Waals surface area contributed by atoms with E-state index in [1.165, 1.54) is 11.8 Å². The Morgan fingerprint density at radius 1 is 1.23 bits per heavy atom. The van der Waals surface area contributed by atoms with Gasteiger partial charge in [-0.2, -0.15) is 0 Å². The summed E-state index contributed by atoms with van der Waals surface area (Å²) < 4.78 is 5.70. The number of aryl methyl sites for hydroxylation is 1. The zero-order valence-corrected chi connectivity index (χ0v) is 17.7. The predicted octanol–water partition coefficient (Wildman–Crippen LogP) is 4.28. The number of carbonyl (C=O) groups excluding carboxylic acids is 2. The van der Waals surface area contributed by atoms with Crippen molar-refractivity contribution in [2.75, 3.05) is 22.5 Å². The molecule has 154 valence electrons. The first-order valence-corrected chi connectivity index (χ1v) is 10.7. The van der Waals surface area contributed by atoms with Gasteiger partial charge >= 0.3 is 0 Å². The molecule has 2 aromatic carbocycles. The minimum absolute atomic E-state index is 0.00710. The number of aromatic nitrogens is 2. The van der Waals surface area contributed by atoms with Crippen molar-refractivity contribution in [1.82, 2.24) is 10.2 Å². The predicted molar refractivity (Wildman–Crippen MR) is 116 cm³/mol. The van der Waals surface area contributed by atoms with Crippen molar-refractivity contribution in [1.29, 1.82) is 0 Å². The molecule has 0 saturated carbocycles. The van der Waals surface area contributed by atoms with Crippen molar-refractivity contribution >= 4 is 46.6 Å². The average Bonchev–Trinajstić information content (AvgIpc) is 3.35. The first kappa shape index (κ1) is 20.4. The maximum Gasteiger partial charge on any atom is 0.277 e. The van der Waals surface area contributed by atoms with Gasteiger partial charge in [-0.3, -0.25) is 9.59 Å². The number of hydrogen-bond acceptors (Lipinski definition) is 6. The molecule has 0 radical (unpaired) electrons. The summed E-state index contributed by atoms with van der Waals surface area (Å²) in [6, 6.07) is 14.7. The van der Waals surface area contributed by atoms with Crippen LogP contribution in [-0.2, 0) is 9.59 Å². The highest BCUT2D eigenvalue weighted by atomic mass is 35.5. The molecule has 1 saturated heterocycles. The number of benzene rings is 2. The summed E-state index contributed by atoms with van der Waals surface area (Å²) >= 11 is 7.09. The van der Waals surface area contributed by atoms with Crippen molar-refractivity contribution < 1.29 is 14.0 Å². The van der Waals surface area contributed by atoms with Gasteiger partial charge in [0.1, 0.15) is 0 Å². The van der Waals surface area contributed by atoms with E-state index in [1.54, 1.807) is 17.0 Å². The number of halogens is 1. The van der Waals surface area contributed by atoms with Crippen LogP contribution < -0.4 is 10.2 Å². The number of nitrogens with zero attached hydrogens (tertiary/aromatic N) is 3. The highest BCUT2D eigenvalue weighted by molar-refractivity contribution is 7.99. The van der Waals surface area contributed by atoms with Gasteiger partial charge in [-0.1, -0.05) is 41.6 Å². The number of amides is 2. The van der Waals surface area contributed by atoms with Crippen LogP contribution in [0.4, 0.5) is 11.4 Å². The maximum atomic E-state index is 12.4. The van der Waals surface area contributed by atoms with Gasteiger partial charge in [0, 0.05) is 29.4 Å². The third kappa shape index (κ3) is 4.66. The Bertz CT molecular complexity index is 1070. The van der Waals surface area contributed by atoms with Gasteiger partial charge in [-0.05, 0) is 42.8 Å². The Balaban J connectivity index is 1.34. The van der Waals surface area contributed by atoms with Crippen LogP contribution in [-0.4, -0.2) is 34.3 Å². The van der Waals surface area contributed by atoms with Gasteiger partial charge < -0.3 is 14.6 Å². The lowest BCUT2D eigenvalue weighted by molar-refractivity contribution is -0.117. The van der Waals surface area contributed by atoms with E-state index in [4.69, 9.17) is 16.0 Å². The second kappa shape index (κ2) is 8.89. The highest BCUT2D eigenvalue weighted by Gasteiger charge is 2.35. The number of carbonyl (C=O) groups is 2. The van der Waals surface area contributed by atoms with Crippen LogP contribution in [0.15, 0.2) is 58.2 Å². The molecule has 3 aromatic rings. The second-order valence-corrected chi connectivity index (χ2v) is 8.30. The summed E-state index contributed by atoms with van der Waals surface area (Å²) in [4.78, 5) is 26.3. The molecule has 0 bridgehead atoms. The highest BCUT2D eigenvalue weighted by Crippen LogP contribution is 2.32. The van der Waals surface area contributed by atoms with Crippen LogP contribution in [0.1, 0.15) is 23.8 Å². The Morgan fingerprint density at radius 2 is 2.00 bits per heavy atom. The third-order valence-electron chi connectivity index (χ3n) is 4.78. The summed E-state index contributed by atoms with van der Waals surface area (Å²) in [6.45, 7) is 2.39. The summed E-state index contributed by atoms with van der Waals surface area (Å²) in [5.41, 5.74) is 2.56. The van der Waals surface area contributed by atoms with Crippen molar-refractivity contribution in [3.8, 4) is 0 Å². The van der Waals surface area contributed by atoms with Crippen LogP contribution in [0.25, 0.3) is 0 Å². The molecule has 30 heavy (non-hydrogen) atoms. The van der Waals surface area contributed by atoms with E-state index in [0.29, 0.717) is 29.1 Å². The monoisotopic (exact) mass is 442 g/mol. The lowest BCUT2D eigenvalue weighted by Crippen LogP contribution is -2.24. The van der Waals surface area contributed by atoms with Gasteiger partial charge in [0.15, 0.2) is 0 Å². The van der Waals surface area contributed by atoms with Crippen molar-refractivity contribution in [3.05, 3.63) is 65.0 Å². The molecule has 9 heteroatoms. The number of thioether (sulfide) groups is 1. The lowest BCUT2D eigenvalue weighted by Gasteiger charge is -2.15. The number of hydrogen-bond donors (Lipinski definition) is 1. The first-order valence-electron chi connectivity index (χ1n) is 9.37. The summed E-state index contributed by atoms with van der Waals surface area (Å²) in [6.07, 6.45) is 0.294. The van der Waals surface area contributed by atoms with E-state index in [-0.39, 0.29) is 23.5 Å². The fraction of sp³-hybridized carbons (Fsp3) is 0.238. The molecule has 1 aliphatic heterocycles. The molecule has 2 heterocycles. The van der Waals surface area contributed by atoms with E-state index in [2.05, 4.69) is 15.5 Å². The molecular weight excluding hydrogens is 424 g/mol. The van der Waals surface area contributed by atoms with E-state index >= 15 is 0 Å². The molecule has 0 spiro atoms. The molecule has 2 amide bonds. The minimum atomic E-state index is -0.184. The SMILES string of the molecule is Cc1ccccc1NC(=O)CSc1nnc(C2CC(=O)N(c3ccc(Cl)cc3)C2)o1. The lowest BCUT2D eigenvalue weighted by atomic mass is 10.1. The van der Waals surface area contributed by atoms with E-state index in [1.807, 2.05) is 43.3 Å². The van der Waals surface area contributed by atoms with Crippen LogP contribution in [0, 0.1) is 6.92 Å². The maximum absolute atomic E-state index is 12.4. The van der Waals surface area contributed by atoms with E-state index in [9.17, 15) is 9.59 Å². The first-order chi connectivity index (χ1) is 14.5. The van der Waals surface area contributed by atoms with E-state index < -0.39 is 0 Å². The summed E-state index contributed by atoms with van der Waals surface area (Å²) in [5, 5.41) is 11.9. The Labute approximate surface area is 182 Å². The van der Waals surface area contributed by atoms with Crippen molar-refractivity contribution in [2.45, 2.75) is 24.5 Å². The smallest absolute Gasteiger partial charge is 0.277 e. The van der Waals surface area contributed by atoms with Gasteiger partial charge in [-0.15, -0.1) is 10.2 Å². The Kier molecular flexibility index (Phi) is 6.06. The van der Waals surface area contributed by atoms with E-state index in [0.717, 1.165) is 16.9 Å². The van der Waals surface area contributed by atoms with Gasteiger partial charge in [-0.25, -0.2) is 0 Å². The number of anilines is 2. The van der Waals surface area contributed by atoms with Gasteiger partial charge in [0.25, 0.3) is 5.22 Å². The topological polar surface area (TPSA) is 88.3 Å². The summed E-state index contributed by atoms with van der Waals surface area (Å²) in [7, 11) is 0. The molecule has 4 rings (SSSR count). The number of nitrogens with one attached hydrogen (secondary N) is 1. The standard InChI is InChI=1S/C21H19ClN4O3S/c1-13-4-2-3-5-17(13)23-18(27)12-30-21-25-24-20(29-21)14-10-19(28)26(11-14)16-8-6-15(22)7-9-16/h2-9,14H,10-12H2,1H3,(H,23,27). The second-order valence-electron chi connectivity index (χ2n) is 6.94. The Morgan fingerprint density at radius 3 is 2.77 bits per heavy atom. The number of rotatable bonds is 6. The third-order valence-corrected chi connectivity index (χ3v) is 5.85. The van der Waals surface area contributed by atoms with Crippen molar-refractivity contribution in [2.24, 2.45) is 0 Å². The molecule has 1 unspecified atom stereocenters. The largest absolute Gasteiger partial charge is 0.416 e. The van der Waals surface area contributed by atoms with Gasteiger partial charge in [0.05, 0.1) is 11.7 Å². The fourth-order valence-electron chi connectivity index (χ4n) is 3.21. The molecular formula is C21H19ClN4O3S. The van der Waals surface area contributed by atoms with Crippen LogP contribution >= 0.6 is 23.4 Å². The zero-order valence-electron chi connectivity index (χ0n) is 16.2. The normalized spacial score (nSPS) is 16.1. The van der Waals surface area contributed by atoms with Crippen LogP contribution in [0.5, 0.6) is 0 Å². The molecule has 1 atom stereocenters.